The van der Waals surface area contributed by atoms with Crippen molar-refractivity contribution in [2.75, 3.05) is 0 Å². The van der Waals surface area contributed by atoms with Gasteiger partial charge in [0.2, 0.25) is 0 Å². The van der Waals surface area contributed by atoms with Crippen LogP contribution < -0.4 is 0 Å². The Kier molecular flexibility index (Phi) is 7.40. The van der Waals surface area contributed by atoms with Crippen molar-refractivity contribution in [2.45, 2.75) is 63.8 Å². The molecule has 2 heteroatoms. The Labute approximate surface area is 249 Å². The quantitative estimate of drug-likeness (QED) is 0.174. The Morgan fingerprint density at radius 2 is 1.07 bits per heavy atom. The normalized spacial score (nSPS) is 17.6. The molecule has 0 amide bonds. The summed E-state index contributed by atoms with van der Waals surface area (Å²) in [5.74, 6) is 0. The fourth-order valence-corrected chi connectivity index (χ4v) is 48.0. The number of benzene rings is 4. The van der Waals surface area contributed by atoms with Gasteiger partial charge in [0.25, 0.3) is 0 Å². The molecule has 0 heterocycles. The molecule has 6 rings (SSSR count). The molecular formula is C39H44HfSi. The van der Waals surface area contributed by atoms with Gasteiger partial charge in [-0.3, -0.25) is 0 Å². The van der Waals surface area contributed by atoms with E-state index in [9.17, 15) is 0 Å². The Bertz CT molecular complexity index is 1690. The molecule has 2 aliphatic rings. The molecule has 0 N–H and O–H groups in total. The van der Waals surface area contributed by atoms with Gasteiger partial charge in [0.1, 0.15) is 0 Å². The second-order valence-corrected chi connectivity index (χ2v) is 58.0. The van der Waals surface area contributed by atoms with Crippen LogP contribution in [0.25, 0.3) is 34.4 Å². The summed E-state index contributed by atoms with van der Waals surface area (Å²) in [5.41, 5.74) is 17.1. The van der Waals surface area contributed by atoms with Gasteiger partial charge in [-0.15, -0.1) is 0 Å². The summed E-state index contributed by atoms with van der Waals surface area (Å²) >= 11 is -3.65. The minimum absolute atomic E-state index is 0.394. The van der Waals surface area contributed by atoms with Crippen molar-refractivity contribution in [1.29, 1.82) is 0 Å². The van der Waals surface area contributed by atoms with E-state index in [1.165, 1.54) is 68.1 Å². The first-order valence-electron chi connectivity index (χ1n) is 15.4. The Hall–Kier alpha value is -2.55. The molecule has 0 bridgehead atoms. The monoisotopic (exact) mass is 720 g/mol. The van der Waals surface area contributed by atoms with Crippen molar-refractivity contribution in [3.05, 3.63) is 129 Å². The van der Waals surface area contributed by atoms with E-state index in [2.05, 4.69) is 141 Å². The van der Waals surface area contributed by atoms with Crippen molar-refractivity contribution in [2.24, 2.45) is 0 Å². The van der Waals surface area contributed by atoms with E-state index in [0.717, 1.165) is 0 Å². The van der Waals surface area contributed by atoms with E-state index in [1.807, 2.05) is 0 Å². The van der Waals surface area contributed by atoms with Crippen LogP contribution in [0.2, 0.25) is 15.4 Å². The number of hydrogen-bond donors (Lipinski definition) is 0. The minimum atomic E-state index is -3.65. The summed E-state index contributed by atoms with van der Waals surface area (Å²) in [7, 11) is 0. The zero-order valence-electron chi connectivity index (χ0n) is 25.9. The molecule has 4 aromatic rings. The van der Waals surface area contributed by atoms with E-state index in [1.54, 1.807) is 11.1 Å². The fraction of sp³-hybridized carbons (Fsp3) is 0.282. The summed E-state index contributed by atoms with van der Waals surface area (Å²) < 4.78 is 6.84. The average Bonchev–Trinajstić information content (AvgIpc) is 3.61. The van der Waals surface area contributed by atoms with Crippen LogP contribution in [0.1, 0.15) is 65.2 Å². The molecule has 2 unspecified atom stereocenters. The molecule has 2 atom stereocenters. The van der Waals surface area contributed by atoms with Crippen LogP contribution in [0.3, 0.4) is 0 Å². The van der Waals surface area contributed by atoms with Crippen LogP contribution in [0.15, 0.2) is 84.9 Å². The summed E-state index contributed by atoms with van der Waals surface area (Å²) in [6.45, 7) is 11.3. The van der Waals surface area contributed by atoms with Crippen molar-refractivity contribution in [1.82, 2.24) is 0 Å². The average molecular weight is 719 g/mol. The van der Waals surface area contributed by atoms with Gasteiger partial charge in [0, 0.05) is 0 Å². The second kappa shape index (κ2) is 10.6. The topological polar surface area (TPSA) is 0 Å². The molecular weight excluding hydrogens is 675 g/mol. The fourth-order valence-electron chi connectivity index (χ4n) is 7.83. The van der Waals surface area contributed by atoms with E-state index in [4.69, 9.17) is 0 Å². The van der Waals surface area contributed by atoms with Crippen LogP contribution in [0.4, 0.5) is 0 Å². The molecule has 2 aliphatic carbocycles. The standard InChI is InChI=1S/2C17H15.C3H8Si.2CH3.Hf/c2*1-12-9-10-13(2)17(11-12)16-8-4-6-14-5-3-7-15(14)16;1-2-3-4;;;/h2*3-11H,1-2H3;4H,2-3H2,1H3;2*1H3;. The first kappa shape index (κ1) is 28.6. The zero-order valence-corrected chi connectivity index (χ0v) is 30.6. The Morgan fingerprint density at radius 3 is 1.51 bits per heavy atom. The molecule has 208 valence electrons. The molecule has 0 aromatic heterocycles. The van der Waals surface area contributed by atoms with Crippen LogP contribution in [0.5, 0.6) is 0 Å². The Balaban J connectivity index is 1.52. The van der Waals surface area contributed by atoms with Crippen molar-refractivity contribution in [3.8, 4) is 22.3 Å². The SMILES string of the molecule is CCC[SiH]=[Hf]([CH3])([CH3])([CH]1C=Cc2c(-c3cc(C)ccc3C)cccc21)[CH]1C=Cc2c(-c3cc(C)ccc3C)cccc21. The number of rotatable bonds is 6. The van der Waals surface area contributed by atoms with Gasteiger partial charge in [-0.25, -0.2) is 0 Å². The number of fused-ring (bicyclic) bond motifs is 2. The summed E-state index contributed by atoms with van der Waals surface area (Å²) in [4.78, 5) is 0. The molecule has 0 aliphatic heterocycles. The molecule has 4 aromatic carbocycles. The van der Waals surface area contributed by atoms with E-state index >= 15 is 0 Å². The molecule has 0 saturated heterocycles. The predicted molar refractivity (Wildman–Crippen MR) is 180 cm³/mol. The van der Waals surface area contributed by atoms with E-state index < -0.39 is 17.1 Å². The predicted octanol–water partition coefficient (Wildman–Crippen LogP) is 11.1. The first-order valence-corrected chi connectivity index (χ1v) is 34.4. The Morgan fingerprint density at radius 1 is 0.610 bits per heavy atom. The summed E-state index contributed by atoms with van der Waals surface area (Å²) in [6.07, 6.45) is 12.0. The third kappa shape index (κ3) is 4.76. The van der Waals surface area contributed by atoms with Crippen LogP contribution in [-0.2, 0) is 17.1 Å². The molecule has 0 nitrogen and oxygen atoms in total. The van der Waals surface area contributed by atoms with Gasteiger partial charge < -0.3 is 0 Å². The van der Waals surface area contributed by atoms with Crippen LogP contribution in [0, 0.1) is 27.7 Å². The van der Waals surface area contributed by atoms with Gasteiger partial charge in [-0.2, -0.15) is 0 Å². The van der Waals surface area contributed by atoms with E-state index in [-0.39, 0.29) is 0 Å². The number of aryl methyl sites for hydroxylation is 4. The van der Waals surface area contributed by atoms with Crippen molar-refractivity contribution in [3.63, 3.8) is 0 Å². The van der Waals surface area contributed by atoms with Gasteiger partial charge in [-0.1, -0.05) is 0 Å². The van der Waals surface area contributed by atoms with Crippen molar-refractivity contribution >= 4 is 18.4 Å². The summed E-state index contributed by atoms with van der Waals surface area (Å²) in [5, 5.41) is 0. The van der Waals surface area contributed by atoms with Gasteiger partial charge >= 0.3 is 251 Å². The van der Waals surface area contributed by atoms with Crippen LogP contribution in [-0.4, -0.2) is 6.22 Å². The zero-order chi connectivity index (χ0) is 29.0. The summed E-state index contributed by atoms with van der Waals surface area (Å²) in [6, 6.07) is 29.5. The molecule has 41 heavy (non-hydrogen) atoms. The van der Waals surface area contributed by atoms with Gasteiger partial charge in [0.05, 0.1) is 0 Å². The first-order chi connectivity index (χ1) is 19.6. The molecule has 0 saturated carbocycles. The van der Waals surface area contributed by atoms with Crippen LogP contribution >= 0.6 is 0 Å². The molecule has 0 fully saturated rings. The van der Waals surface area contributed by atoms with Crippen molar-refractivity contribution < 1.29 is 17.1 Å². The third-order valence-corrected chi connectivity index (χ3v) is 53.0. The molecule has 0 spiro atoms. The van der Waals surface area contributed by atoms with E-state index in [0.29, 0.717) is 13.6 Å². The van der Waals surface area contributed by atoms with Gasteiger partial charge in [0.15, 0.2) is 0 Å². The number of hydrogen-bond acceptors (Lipinski definition) is 0. The maximum absolute atomic E-state index is 3.65. The van der Waals surface area contributed by atoms with Gasteiger partial charge in [-0.05, 0) is 0 Å². The second-order valence-electron chi connectivity index (χ2n) is 13.7. The number of allylic oxidation sites excluding steroid dienone is 2. The third-order valence-electron chi connectivity index (χ3n) is 10.3. The molecule has 0 radical (unpaired) electrons. The maximum atomic E-state index is 2.84.